The number of allylic oxidation sites excluding steroid dienone is 11. The molecule has 0 saturated carbocycles. The maximum absolute atomic E-state index is 14.4. The van der Waals surface area contributed by atoms with Crippen molar-refractivity contribution in [3.8, 4) is 36.4 Å². The molecule has 0 unspecified atom stereocenters. The second kappa shape index (κ2) is 29.7. The smallest absolute Gasteiger partial charge is 0.349 e. The zero-order valence-corrected chi connectivity index (χ0v) is 48.5. The summed E-state index contributed by atoms with van der Waals surface area (Å²) in [7, 11) is 0. The lowest BCUT2D eigenvalue weighted by molar-refractivity contribution is -0.140. The molecule has 3 rings (SSSR count). The molecule has 73 heavy (non-hydrogen) atoms. The Morgan fingerprint density at radius 3 is 1.00 bits per heavy atom. The van der Waals surface area contributed by atoms with Crippen LogP contribution >= 0.6 is 75.8 Å². The van der Waals surface area contributed by atoms with Gasteiger partial charge in [-0.05, 0) is 90.2 Å². The summed E-state index contributed by atoms with van der Waals surface area (Å²) in [5, 5.41) is 63.5. The van der Waals surface area contributed by atoms with E-state index >= 15 is 0 Å². The summed E-state index contributed by atoms with van der Waals surface area (Å²) < 4.78 is 5.93. The van der Waals surface area contributed by atoms with Gasteiger partial charge in [-0.2, -0.15) is 107 Å². The summed E-state index contributed by atoms with van der Waals surface area (Å²) in [6.45, 7) is 14.9. The highest BCUT2D eigenvalue weighted by atomic mass is 32.1. The maximum atomic E-state index is 14.4. The van der Waals surface area contributed by atoms with E-state index in [-0.39, 0.29) is 77.7 Å². The van der Waals surface area contributed by atoms with E-state index in [0.29, 0.717) is 123 Å². The Kier molecular flexibility index (Phi) is 25.6. The summed E-state index contributed by atoms with van der Waals surface area (Å²) in [5.74, 6) is 0.292. The van der Waals surface area contributed by atoms with Gasteiger partial charge in [-0.25, -0.2) is 4.79 Å². The van der Waals surface area contributed by atoms with Crippen LogP contribution in [0.2, 0.25) is 0 Å². The van der Waals surface area contributed by atoms with E-state index in [4.69, 9.17) is 4.74 Å². The van der Waals surface area contributed by atoms with Crippen molar-refractivity contribution in [1.29, 1.82) is 31.6 Å². The van der Waals surface area contributed by atoms with Crippen molar-refractivity contribution < 1.29 is 19.1 Å². The fourth-order valence-corrected chi connectivity index (χ4v) is 11.5. The first kappa shape index (κ1) is 63.0. The molecular formula is C54H71N9O4S6. The number of carbonyl (C=O) groups excluding carboxylic acids is 3. The first-order valence-electron chi connectivity index (χ1n) is 24.6. The van der Waals surface area contributed by atoms with Crippen LogP contribution in [0.1, 0.15) is 106 Å². The van der Waals surface area contributed by atoms with Gasteiger partial charge in [0.1, 0.15) is 42.0 Å². The van der Waals surface area contributed by atoms with Crippen LogP contribution < -0.4 is 0 Å². The van der Waals surface area contributed by atoms with Gasteiger partial charge in [0.15, 0.2) is 11.6 Å². The van der Waals surface area contributed by atoms with E-state index in [2.05, 4.69) is 106 Å². The van der Waals surface area contributed by atoms with Gasteiger partial charge in [0.25, 0.3) is 0 Å². The molecule has 0 amide bonds. The largest absolute Gasteiger partial charge is 0.461 e. The quantitative estimate of drug-likeness (QED) is 0.0206. The van der Waals surface area contributed by atoms with E-state index in [9.17, 15) is 46.0 Å². The Morgan fingerprint density at radius 2 is 0.753 bits per heavy atom. The predicted octanol–water partition coefficient (Wildman–Crippen LogP) is 9.58. The van der Waals surface area contributed by atoms with Crippen LogP contribution in [0.3, 0.4) is 0 Å². The molecule has 0 N–H and O–H groups in total. The normalized spacial score (nSPS) is 19.1. The Labute approximate surface area is 467 Å². The molecule has 0 atom stereocenters. The molecule has 0 aliphatic heterocycles. The molecule has 13 nitrogen and oxygen atoms in total. The van der Waals surface area contributed by atoms with Crippen molar-refractivity contribution in [3.63, 3.8) is 0 Å². The fourth-order valence-electron chi connectivity index (χ4n) is 10.1. The SMILES string of the molecule is CC1(C)CC(N(CCS)CCS)=C(C#N)/C(=C(\C#N)C(=O)CCC(CCC(=O)/C(C#N)=C2\CC(C)(C)CC(N(CCS)CCS)=C2C#N)COC(=O)/C(C#N)=C2\CC(C)(C)CC(N(CCS)CCS)=C2C#N)C1. The molecule has 0 heterocycles. The molecular weight excluding hydrogens is 1030 g/mol. The third kappa shape index (κ3) is 17.1. The first-order valence-corrected chi connectivity index (χ1v) is 28.4. The number of esters is 1. The van der Waals surface area contributed by atoms with Crippen molar-refractivity contribution >= 4 is 93.3 Å². The van der Waals surface area contributed by atoms with Gasteiger partial charge >= 0.3 is 5.97 Å². The summed E-state index contributed by atoms with van der Waals surface area (Å²) in [6, 6.07) is 13.1. The minimum atomic E-state index is -0.972. The van der Waals surface area contributed by atoms with E-state index in [1.165, 1.54) is 0 Å². The molecule has 0 fully saturated rings. The molecule has 0 aromatic carbocycles. The second-order valence-electron chi connectivity index (χ2n) is 20.9. The number of nitriles is 6. The van der Waals surface area contributed by atoms with Gasteiger partial charge in [-0.1, -0.05) is 41.5 Å². The summed E-state index contributed by atoms with van der Waals surface area (Å²) in [5.41, 5.74) is 2.00. The molecule has 3 aliphatic carbocycles. The van der Waals surface area contributed by atoms with Crippen LogP contribution in [-0.4, -0.2) is 113 Å². The fraction of sp³-hybridized carbons (Fsp3) is 0.611. The summed E-state index contributed by atoms with van der Waals surface area (Å²) in [6.07, 6.45) is 2.05. The van der Waals surface area contributed by atoms with E-state index in [1.807, 2.05) is 62.3 Å². The predicted molar refractivity (Wildman–Crippen MR) is 306 cm³/mol. The average Bonchev–Trinajstić information content (AvgIpc) is 3.33. The molecule has 0 bridgehead atoms. The summed E-state index contributed by atoms with van der Waals surface area (Å²) >= 11 is 26.6. The first-order chi connectivity index (χ1) is 34.6. The van der Waals surface area contributed by atoms with Gasteiger partial charge in [-0.15, -0.1) is 0 Å². The van der Waals surface area contributed by atoms with E-state index in [0.717, 1.165) is 11.4 Å². The van der Waals surface area contributed by atoms with Crippen LogP contribution in [0.25, 0.3) is 0 Å². The van der Waals surface area contributed by atoms with Crippen LogP contribution in [-0.2, 0) is 19.1 Å². The second-order valence-corrected chi connectivity index (χ2v) is 23.6. The Balaban J connectivity index is 2.18. The zero-order chi connectivity index (χ0) is 54.7. The minimum Gasteiger partial charge on any atom is -0.461 e. The van der Waals surface area contributed by atoms with Crippen LogP contribution in [0.5, 0.6) is 0 Å². The molecule has 0 radical (unpaired) electrons. The third-order valence-corrected chi connectivity index (χ3v) is 14.6. The van der Waals surface area contributed by atoms with Crippen LogP contribution in [0, 0.1) is 90.1 Å². The van der Waals surface area contributed by atoms with Gasteiger partial charge in [0.05, 0.1) is 34.5 Å². The molecule has 392 valence electrons. The van der Waals surface area contributed by atoms with Crippen LogP contribution in [0.4, 0.5) is 0 Å². The lowest BCUT2D eigenvalue weighted by Crippen LogP contribution is -2.34. The Bertz CT molecular complexity index is 2260. The van der Waals surface area contributed by atoms with Crippen molar-refractivity contribution in [2.75, 3.05) is 80.4 Å². The third-order valence-electron chi connectivity index (χ3n) is 13.4. The molecule has 0 spiro atoms. The highest BCUT2D eigenvalue weighted by Crippen LogP contribution is 2.47. The number of carbonyl (C=O) groups is 3. The number of Topliss-reactive ketones (excluding diaryl/α,β-unsaturated/α-hetero) is 2. The number of hydrogen-bond acceptors (Lipinski definition) is 19. The zero-order valence-electron chi connectivity index (χ0n) is 43.2. The van der Waals surface area contributed by atoms with Gasteiger partial charge in [0, 0.05) is 104 Å². The molecule has 19 heteroatoms. The molecule has 3 aliphatic rings. The van der Waals surface area contributed by atoms with Gasteiger partial charge < -0.3 is 19.4 Å². The lowest BCUT2D eigenvalue weighted by Gasteiger charge is -2.39. The van der Waals surface area contributed by atoms with Crippen molar-refractivity contribution in [2.45, 2.75) is 106 Å². The average molecular weight is 1100 g/mol. The highest BCUT2D eigenvalue weighted by Gasteiger charge is 2.39. The maximum Gasteiger partial charge on any atom is 0.349 e. The number of ketones is 2. The van der Waals surface area contributed by atoms with Crippen molar-refractivity contribution in [2.24, 2.45) is 22.2 Å². The number of nitrogens with zero attached hydrogens (tertiary/aromatic N) is 9. The summed E-state index contributed by atoms with van der Waals surface area (Å²) in [4.78, 5) is 49.0. The monoisotopic (exact) mass is 1100 g/mol. The highest BCUT2D eigenvalue weighted by molar-refractivity contribution is 7.81. The molecule has 0 saturated heterocycles. The number of rotatable bonds is 26. The van der Waals surface area contributed by atoms with Crippen LogP contribution in [0.15, 0.2) is 67.2 Å². The van der Waals surface area contributed by atoms with E-state index in [1.54, 1.807) is 0 Å². The molecule has 0 aromatic heterocycles. The van der Waals surface area contributed by atoms with E-state index < -0.39 is 39.7 Å². The van der Waals surface area contributed by atoms with Gasteiger partial charge in [0.2, 0.25) is 0 Å². The number of ether oxygens (including phenoxy) is 1. The Hall–Kier alpha value is -4.31. The molecule has 0 aromatic rings. The van der Waals surface area contributed by atoms with Crippen molar-refractivity contribution in [3.05, 3.63) is 67.2 Å². The Morgan fingerprint density at radius 1 is 0.479 bits per heavy atom. The lowest BCUT2D eigenvalue weighted by atomic mass is 9.72. The standard InChI is InChI=1S/C54H71N9O4S6/c1-52(2)23-37(40(29-55)46(26-52)61(11-17-68)12-18-69)43(32-58)49(64)9-7-36(8-10-50(65)44(33-59)38-24-53(3,4)27-47(41(38)30-56)62(13-19-70)14-20-71)35-67-51(66)45(34-60)39-25-54(5,6)28-48(42(39)31-57)63(15-21-72)16-22-73/h36,68-73H,7-28,35H2,1-6H3/b43-37+,44-38+,45-39+. The number of thiol groups is 6. The topological polar surface area (TPSA) is 213 Å². The van der Waals surface area contributed by atoms with Crippen molar-refractivity contribution in [1.82, 2.24) is 14.7 Å². The number of hydrogen-bond donors (Lipinski definition) is 6. The minimum absolute atomic E-state index is 0.0218. The van der Waals surface area contributed by atoms with Gasteiger partial charge in [-0.3, -0.25) is 9.59 Å².